The summed E-state index contributed by atoms with van der Waals surface area (Å²) >= 11 is 0. The Kier molecular flexibility index (Phi) is 8.37. The molecule has 0 fully saturated rings. The van der Waals surface area contributed by atoms with Gasteiger partial charge in [-0.25, -0.2) is 4.98 Å². The Hall–Kier alpha value is -2.69. The van der Waals surface area contributed by atoms with Gasteiger partial charge in [0.15, 0.2) is 0 Å². The summed E-state index contributed by atoms with van der Waals surface area (Å²) in [5.74, 6) is -0.0110. The molecular formula is C18H21F3N3O6P. The van der Waals surface area contributed by atoms with Gasteiger partial charge in [0.1, 0.15) is 11.4 Å². The van der Waals surface area contributed by atoms with Crippen molar-refractivity contribution in [3.8, 4) is 11.6 Å². The van der Waals surface area contributed by atoms with Gasteiger partial charge in [-0.3, -0.25) is 14.7 Å². The molecule has 0 spiro atoms. The fourth-order valence-electron chi connectivity index (χ4n) is 2.50. The summed E-state index contributed by atoms with van der Waals surface area (Å²) in [5.41, 5.74) is -1.14. The molecule has 0 bridgehead atoms. The van der Waals surface area contributed by atoms with E-state index >= 15 is 0 Å². The van der Waals surface area contributed by atoms with Crippen molar-refractivity contribution in [2.45, 2.75) is 20.0 Å². The minimum absolute atomic E-state index is 0.0304. The zero-order valence-corrected chi connectivity index (χ0v) is 17.6. The van der Waals surface area contributed by atoms with Gasteiger partial charge < -0.3 is 19.1 Å². The van der Waals surface area contributed by atoms with Crippen molar-refractivity contribution in [2.75, 3.05) is 31.2 Å². The van der Waals surface area contributed by atoms with E-state index < -0.39 is 24.3 Å². The average molecular weight is 463 g/mol. The van der Waals surface area contributed by atoms with E-state index in [0.717, 1.165) is 12.1 Å². The zero-order chi connectivity index (χ0) is 23.1. The Morgan fingerprint density at radius 1 is 1.16 bits per heavy atom. The molecule has 170 valence electrons. The zero-order valence-electron chi connectivity index (χ0n) is 16.7. The summed E-state index contributed by atoms with van der Waals surface area (Å²) in [7, 11) is -3.35. The molecule has 2 aromatic rings. The van der Waals surface area contributed by atoms with Gasteiger partial charge >= 0.3 is 13.8 Å². The van der Waals surface area contributed by atoms with Crippen molar-refractivity contribution in [3.05, 3.63) is 52.2 Å². The third-order valence-electron chi connectivity index (χ3n) is 3.80. The Morgan fingerprint density at radius 2 is 1.84 bits per heavy atom. The first-order valence-corrected chi connectivity index (χ1v) is 10.9. The van der Waals surface area contributed by atoms with Gasteiger partial charge in [-0.1, -0.05) is 0 Å². The standard InChI is InChI=1S/C18H21F3N3O6P/c1-3-28-31(27,29-4-2)10-9-22-15-11-14(6-7-16(15)24(25)26)30-17-8-5-13(12-23-17)18(19,20)21/h5-8,11-12,22H,3-4,9-10H2,1-2H3. The van der Waals surface area contributed by atoms with Gasteiger partial charge in [-0.15, -0.1) is 0 Å². The normalized spacial score (nSPS) is 11.9. The lowest BCUT2D eigenvalue weighted by atomic mass is 10.2. The second kappa shape index (κ2) is 10.6. The molecule has 2 rings (SSSR count). The van der Waals surface area contributed by atoms with E-state index in [1.807, 2.05) is 0 Å². The number of hydrogen-bond donors (Lipinski definition) is 1. The van der Waals surface area contributed by atoms with Gasteiger partial charge in [0, 0.05) is 30.9 Å². The molecule has 0 aliphatic carbocycles. The molecule has 1 aromatic carbocycles. The van der Waals surface area contributed by atoms with Crippen LogP contribution in [0.25, 0.3) is 0 Å². The van der Waals surface area contributed by atoms with Gasteiger partial charge in [0.05, 0.1) is 29.9 Å². The highest BCUT2D eigenvalue weighted by molar-refractivity contribution is 7.53. The lowest BCUT2D eigenvalue weighted by Gasteiger charge is -2.17. The van der Waals surface area contributed by atoms with Crippen LogP contribution in [0.15, 0.2) is 36.5 Å². The van der Waals surface area contributed by atoms with Gasteiger partial charge in [-0.2, -0.15) is 13.2 Å². The van der Waals surface area contributed by atoms with E-state index in [0.29, 0.717) is 6.20 Å². The van der Waals surface area contributed by atoms with Crippen LogP contribution in [0, 0.1) is 10.1 Å². The van der Waals surface area contributed by atoms with Crippen LogP contribution in [0.2, 0.25) is 0 Å². The van der Waals surface area contributed by atoms with Crippen LogP contribution in [0.4, 0.5) is 24.5 Å². The van der Waals surface area contributed by atoms with E-state index in [1.54, 1.807) is 13.8 Å². The molecule has 31 heavy (non-hydrogen) atoms. The number of anilines is 1. The maximum absolute atomic E-state index is 12.6. The van der Waals surface area contributed by atoms with Crippen LogP contribution in [0.3, 0.4) is 0 Å². The molecule has 0 unspecified atom stereocenters. The van der Waals surface area contributed by atoms with Crippen molar-refractivity contribution in [2.24, 2.45) is 0 Å². The van der Waals surface area contributed by atoms with Crippen molar-refractivity contribution in [1.82, 2.24) is 4.98 Å². The predicted molar refractivity (Wildman–Crippen MR) is 107 cm³/mol. The van der Waals surface area contributed by atoms with Crippen LogP contribution >= 0.6 is 7.60 Å². The van der Waals surface area contributed by atoms with Crippen LogP contribution < -0.4 is 10.1 Å². The first-order chi connectivity index (χ1) is 14.6. The predicted octanol–water partition coefficient (Wildman–Crippen LogP) is 5.48. The Labute approximate surface area is 176 Å². The fraction of sp³-hybridized carbons (Fsp3) is 0.389. The highest BCUT2D eigenvalue weighted by Gasteiger charge is 2.30. The molecule has 13 heteroatoms. The largest absolute Gasteiger partial charge is 0.439 e. The maximum atomic E-state index is 12.6. The summed E-state index contributed by atoms with van der Waals surface area (Å²) < 4.78 is 66.1. The number of halogens is 3. The Bertz CT molecular complexity index is 930. The van der Waals surface area contributed by atoms with E-state index in [9.17, 15) is 27.9 Å². The molecule has 0 amide bonds. The third-order valence-corrected chi connectivity index (χ3v) is 5.88. The molecule has 0 saturated heterocycles. The monoisotopic (exact) mass is 463 g/mol. The first kappa shape index (κ1) is 24.6. The molecule has 1 aromatic heterocycles. The van der Waals surface area contributed by atoms with Gasteiger partial charge in [-0.05, 0) is 26.0 Å². The number of hydrogen-bond acceptors (Lipinski definition) is 8. The van der Waals surface area contributed by atoms with Crippen LogP contribution in [-0.4, -0.2) is 35.8 Å². The number of benzene rings is 1. The van der Waals surface area contributed by atoms with Gasteiger partial charge in [0.25, 0.3) is 5.69 Å². The highest BCUT2D eigenvalue weighted by Crippen LogP contribution is 2.47. The van der Waals surface area contributed by atoms with Crippen molar-refractivity contribution >= 4 is 19.0 Å². The Morgan fingerprint density at radius 3 is 2.35 bits per heavy atom. The summed E-state index contributed by atoms with van der Waals surface area (Å²) in [6, 6.07) is 5.60. The van der Waals surface area contributed by atoms with E-state index in [4.69, 9.17) is 13.8 Å². The second-order valence-electron chi connectivity index (χ2n) is 6.02. The van der Waals surface area contributed by atoms with Crippen LogP contribution in [0.1, 0.15) is 19.4 Å². The number of nitrogens with one attached hydrogen (secondary N) is 1. The lowest BCUT2D eigenvalue weighted by molar-refractivity contribution is -0.384. The number of pyridine rings is 1. The second-order valence-corrected chi connectivity index (χ2v) is 8.20. The maximum Gasteiger partial charge on any atom is 0.417 e. The number of nitro benzene ring substituents is 1. The Balaban J connectivity index is 2.15. The molecule has 1 N–H and O–H groups in total. The molecule has 9 nitrogen and oxygen atoms in total. The molecule has 0 radical (unpaired) electrons. The number of ether oxygens (including phenoxy) is 1. The number of alkyl halides is 3. The van der Waals surface area contributed by atoms with Crippen molar-refractivity contribution in [3.63, 3.8) is 0 Å². The molecule has 0 saturated carbocycles. The average Bonchev–Trinajstić information content (AvgIpc) is 2.68. The minimum atomic E-state index is -4.53. The summed E-state index contributed by atoms with van der Waals surface area (Å²) in [4.78, 5) is 14.3. The smallest absolute Gasteiger partial charge is 0.417 e. The molecule has 1 heterocycles. The number of nitro groups is 1. The summed E-state index contributed by atoms with van der Waals surface area (Å²) in [6.45, 7) is 3.74. The lowest BCUT2D eigenvalue weighted by Crippen LogP contribution is -2.11. The number of nitrogens with zero attached hydrogens (tertiary/aromatic N) is 2. The van der Waals surface area contributed by atoms with E-state index in [2.05, 4.69) is 10.3 Å². The van der Waals surface area contributed by atoms with Crippen LogP contribution in [0.5, 0.6) is 11.6 Å². The molecular weight excluding hydrogens is 442 g/mol. The number of rotatable bonds is 11. The quantitative estimate of drug-likeness (QED) is 0.265. The van der Waals surface area contributed by atoms with E-state index in [1.165, 1.54) is 18.2 Å². The van der Waals surface area contributed by atoms with Crippen molar-refractivity contribution < 1.29 is 36.4 Å². The topological polar surface area (TPSA) is 113 Å². The summed E-state index contributed by atoms with van der Waals surface area (Å²) in [6.07, 6.45) is -3.94. The molecule has 0 aliphatic heterocycles. The highest BCUT2D eigenvalue weighted by atomic mass is 31.2. The fourth-order valence-corrected chi connectivity index (χ4v) is 4.00. The SMILES string of the molecule is CCOP(=O)(CCNc1cc(Oc2ccc(C(F)(F)F)cn2)ccc1[N+](=O)[O-])OCC. The number of aromatic nitrogens is 1. The van der Waals surface area contributed by atoms with Crippen molar-refractivity contribution in [1.29, 1.82) is 0 Å². The third kappa shape index (κ3) is 7.20. The molecule has 0 atom stereocenters. The van der Waals surface area contributed by atoms with E-state index in [-0.39, 0.29) is 48.9 Å². The summed E-state index contributed by atoms with van der Waals surface area (Å²) in [5, 5.41) is 14.1. The molecule has 0 aliphatic rings. The minimum Gasteiger partial charge on any atom is -0.439 e. The first-order valence-electron chi connectivity index (χ1n) is 9.19. The van der Waals surface area contributed by atoms with Crippen LogP contribution in [-0.2, 0) is 19.8 Å². The van der Waals surface area contributed by atoms with Gasteiger partial charge in [0.2, 0.25) is 5.88 Å².